The molecule has 0 spiro atoms. The zero-order valence-electron chi connectivity index (χ0n) is 24.4. The first-order chi connectivity index (χ1) is 20.4. The zero-order chi connectivity index (χ0) is 29.5. The average Bonchev–Trinajstić information content (AvgIpc) is 3.45. The lowest BCUT2D eigenvalue weighted by atomic mass is 9.95. The van der Waals surface area contributed by atoms with Crippen LogP contribution in [0, 0.1) is 0 Å². The molecule has 4 aromatic rings. The van der Waals surface area contributed by atoms with Crippen molar-refractivity contribution in [3.63, 3.8) is 0 Å². The Morgan fingerprint density at radius 2 is 1.64 bits per heavy atom. The SMILES string of the molecule is CCOC(=O)/C(C)=C/c1cc(-c2ccc(OCc3cc(OC)ccc3-c3ccc(Cl)cc3)cc2)n(C2CCCCC2)n1. The van der Waals surface area contributed by atoms with Gasteiger partial charge in [-0.1, -0.05) is 49.1 Å². The Morgan fingerprint density at radius 3 is 2.33 bits per heavy atom. The van der Waals surface area contributed by atoms with Crippen molar-refractivity contribution in [3.8, 4) is 33.9 Å². The summed E-state index contributed by atoms with van der Waals surface area (Å²) in [5.74, 6) is 1.23. The second-order valence-corrected chi connectivity index (χ2v) is 11.0. The molecule has 0 aliphatic heterocycles. The van der Waals surface area contributed by atoms with Crippen molar-refractivity contribution in [1.82, 2.24) is 9.78 Å². The first kappa shape index (κ1) is 29.5. The number of hydrogen-bond acceptors (Lipinski definition) is 5. The fourth-order valence-corrected chi connectivity index (χ4v) is 5.57. The van der Waals surface area contributed by atoms with E-state index in [1.807, 2.05) is 67.6 Å². The molecule has 1 aromatic heterocycles. The maximum Gasteiger partial charge on any atom is 0.333 e. The largest absolute Gasteiger partial charge is 0.497 e. The van der Waals surface area contributed by atoms with Gasteiger partial charge in [-0.15, -0.1) is 0 Å². The van der Waals surface area contributed by atoms with E-state index in [0.717, 1.165) is 58.0 Å². The van der Waals surface area contributed by atoms with Gasteiger partial charge in [0.25, 0.3) is 0 Å². The summed E-state index contributed by atoms with van der Waals surface area (Å²) in [5.41, 5.74) is 6.54. The van der Waals surface area contributed by atoms with Crippen molar-refractivity contribution >= 4 is 23.6 Å². The highest BCUT2D eigenvalue weighted by atomic mass is 35.5. The van der Waals surface area contributed by atoms with Gasteiger partial charge in [-0.3, -0.25) is 4.68 Å². The molecule has 0 radical (unpaired) electrons. The highest BCUT2D eigenvalue weighted by molar-refractivity contribution is 6.30. The van der Waals surface area contributed by atoms with Gasteiger partial charge >= 0.3 is 5.97 Å². The maximum absolute atomic E-state index is 12.2. The number of halogens is 1. The molecule has 0 amide bonds. The fourth-order valence-electron chi connectivity index (χ4n) is 5.44. The fraction of sp³-hybridized carbons (Fsp3) is 0.314. The van der Waals surface area contributed by atoms with E-state index in [-0.39, 0.29) is 5.97 Å². The van der Waals surface area contributed by atoms with E-state index in [9.17, 15) is 4.79 Å². The minimum absolute atomic E-state index is 0.317. The van der Waals surface area contributed by atoms with Gasteiger partial charge in [0, 0.05) is 21.7 Å². The Balaban J connectivity index is 1.38. The summed E-state index contributed by atoms with van der Waals surface area (Å²) >= 11 is 6.11. The van der Waals surface area contributed by atoms with Gasteiger partial charge in [-0.05, 0) is 98.5 Å². The van der Waals surface area contributed by atoms with Crippen LogP contribution >= 0.6 is 11.6 Å². The van der Waals surface area contributed by atoms with Gasteiger partial charge < -0.3 is 14.2 Å². The predicted octanol–water partition coefficient (Wildman–Crippen LogP) is 8.93. The standard InChI is InChI=1S/C35H37ClN2O4/c1-4-41-35(39)24(2)20-29-22-34(38(37-29)30-8-6-5-7-9-30)26-12-16-31(17-13-26)42-23-27-21-32(40-3)18-19-33(27)25-10-14-28(36)15-11-25/h10-22,30H,4-9,23H2,1-3H3/b24-20+. The summed E-state index contributed by atoms with van der Waals surface area (Å²) < 4.78 is 19.0. The Kier molecular flexibility index (Phi) is 9.65. The number of carbonyl (C=O) groups excluding carboxylic acids is 1. The van der Waals surface area contributed by atoms with Gasteiger partial charge in [0.15, 0.2) is 0 Å². The topological polar surface area (TPSA) is 62.6 Å². The lowest BCUT2D eigenvalue weighted by Gasteiger charge is -2.24. The number of methoxy groups -OCH3 is 1. The van der Waals surface area contributed by atoms with Gasteiger partial charge in [-0.25, -0.2) is 4.79 Å². The lowest BCUT2D eigenvalue weighted by Crippen LogP contribution is -2.15. The summed E-state index contributed by atoms with van der Waals surface area (Å²) in [7, 11) is 1.66. The number of ether oxygens (including phenoxy) is 3. The Hall–Kier alpha value is -4.03. The summed E-state index contributed by atoms with van der Waals surface area (Å²) in [4.78, 5) is 12.2. The minimum atomic E-state index is -0.317. The van der Waals surface area contributed by atoms with Crippen LogP contribution in [-0.2, 0) is 16.1 Å². The number of hydrogen-bond donors (Lipinski definition) is 0. The number of aromatic nitrogens is 2. The molecule has 0 unspecified atom stereocenters. The van der Waals surface area contributed by atoms with Gasteiger partial charge in [0.2, 0.25) is 0 Å². The molecule has 7 heteroatoms. The second kappa shape index (κ2) is 13.8. The molecule has 1 aliphatic rings. The molecular weight excluding hydrogens is 548 g/mol. The van der Waals surface area contributed by atoms with Crippen LogP contribution in [0.3, 0.4) is 0 Å². The Labute approximate surface area is 252 Å². The van der Waals surface area contributed by atoms with Crippen LogP contribution in [0.15, 0.2) is 78.4 Å². The van der Waals surface area contributed by atoms with E-state index in [2.05, 4.69) is 22.9 Å². The Morgan fingerprint density at radius 1 is 0.952 bits per heavy atom. The predicted molar refractivity (Wildman–Crippen MR) is 168 cm³/mol. The monoisotopic (exact) mass is 584 g/mol. The minimum Gasteiger partial charge on any atom is -0.497 e. The quantitative estimate of drug-likeness (QED) is 0.137. The van der Waals surface area contributed by atoms with Crippen LogP contribution in [0.1, 0.15) is 63.3 Å². The summed E-state index contributed by atoms with van der Waals surface area (Å²) in [6.07, 6.45) is 7.68. The van der Waals surface area contributed by atoms with E-state index >= 15 is 0 Å². The van der Waals surface area contributed by atoms with Crippen molar-refractivity contribution in [1.29, 1.82) is 0 Å². The first-order valence-electron chi connectivity index (χ1n) is 14.6. The smallest absolute Gasteiger partial charge is 0.333 e. The van der Waals surface area contributed by atoms with Crippen molar-refractivity contribution in [3.05, 3.63) is 94.6 Å². The number of carbonyl (C=O) groups is 1. The molecule has 5 rings (SSSR count). The normalized spacial score (nSPS) is 14.0. The number of rotatable bonds is 10. The summed E-state index contributed by atoms with van der Waals surface area (Å²) in [6, 6.07) is 24.3. The number of benzene rings is 3. The first-order valence-corrected chi connectivity index (χ1v) is 14.9. The molecule has 42 heavy (non-hydrogen) atoms. The molecule has 0 bridgehead atoms. The zero-order valence-corrected chi connectivity index (χ0v) is 25.2. The van der Waals surface area contributed by atoms with E-state index < -0.39 is 0 Å². The van der Waals surface area contributed by atoms with Crippen LogP contribution in [0.25, 0.3) is 28.5 Å². The van der Waals surface area contributed by atoms with Crippen LogP contribution in [-0.4, -0.2) is 29.5 Å². The highest BCUT2D eigenvalue weighted by Gasteiger charge is 2.21. The molecule has 3 aromatic carbocycles. The van der Waals surface area contributed by atoms with Crippen LogP contribution in [0.5, 0.6) is 11.5 Å². The van der Waals surface area contributed by atoms with Gasteiger partial charge in [0.05, 0.1) is 31.1 Å². The van der Waals surface area contributed by atoms with E-state index in [4.69, 9.17) is 30.9 Å². The molecule has 218 valence electrons. The van der Waals surface area contributed by atoms with Crippen molar-refractivity contribution in [2.24, 2.45) is 0 Å². The van der Waals surface area contributed by atoms with Crippen LogP contribution < -0.4 is 9.47 Å². The van der Waals surface area contributed by atoms with Crippen LogP contribution in [0.2, 0.25) is 5.02 Å². The molecule has 1 saturated carbocycles. The van der Waals surface area contributed by atoms with Gasteiger partial charge in [0.1, 0.15) is 18.1 Å². The molecule has 0 atom stereocenters. The van der Waals surface area contributed by atoms with Gasteiger partial charge in [-0.2, -0.15) is 5.10 Å². The molecule has 1 fully saturated rings. The number of esters is 1. The summed E-state index contributed by atoms with van der Waals surface area (Å²) in [5, 5.41) is 5.63. The van der Waals surface area contributed by atoms with Crippen molar-refractivity contribution in [2.45, 2.75) is 58.6 Å². The average molecular weight is 585 g/mol. The number of nitrogens with zero attached hydrogens (tertiary/aromatic N) is 2. The molecule has 6 nitrogen and oxygen atoms in total. The van der Waals surface area contributed by atoms with Crippen molar-refractivity contribution in [2.75, 3.05) is 13.7 Å². The van der Waals surface area contributed by atoms with Crippen LogP contribution in [0.4, 0.5) is 0 Å². The Bertz CT molecular complexity index is 1530. The molecule has 1 heterocycles. The lowest BCUT2D eigenvalue weighted by molar-refractivity contribution is -0.138. The van der Waals surface area contributed by atoms with Crippen molar-refractivity contribution < 1.29 is 19.0 Å². The van der Waals surface area contributed by atoms with E-state index in [0.29, 0.717) is 29.9 Å². The molecular formula is C35H37ClN2O4. The third kappa shape index (κ3) is 7.05. The summed E-state index contributed by atoms with van der Waals surface area (Å²) in [6.45, 7) is 4.31. The molecule has 0 saturated heterocycles. The van der Waals surface area contributed by atoms with E-state index in [1.165, 1.54) is 19.3 Å². The molecule has 0 N–H and O–H groups in total. The third-order valence-corrected chi connectivity index (χ3v) is 7.90. The van der Waals surface area contributed by atoms with E-state index in [1.54, 1.807) is 14.0 Å². The third-order valence-electron chi connectivity index (χ3n) is 7.65. The maximum atomic E-state index is 12.2. The second-order valence-electron chi connectivity index (χ2n) is 10.6. The highest BCUT2D eigenvalue weighted by Crippen LogP contribution is 2.34. The molecule has 1 aliphatic carbocycles.